The topological polar surface area (TPSA) is 20.2 Å². The highest BCUT2D eigenvalue weighted by molar-refractivity contribution is 5.37. The van der Waals surface area contributed by atoms with Crippen LogP contribution in [-0.4, -0.2) is 11.2 Å². The maximum Gasteiger partial charge on any atom is 0.0596 e. The number of hydrogen-bond acceptors (Lipinski definition) is 1. The van der Waals surface area contributed by atoms with Gasteiger partial charge in [-0.05, 0) is 79.7 Å². The van der Waals surface area contributed by atoms with Crippen LogP contribution in [0.15, 0.2) is 18.2 Å². The van der Waals surface area contributed by atoms with Crippen LogP contribution in [0.25, 0.3) is 0 Å². The van der Waals surface area contributed by atoms with E-state index >= 15 is 0 Å². The van der Waals surface area contributed by atoms with Crippen LogP contribution < -0.4 is 0 Å². The van der Waals surface area contributed by atoms with E-state index in [-0.39, 0.29) is 11.5 Å². The fourth-order valence-corrected chi connectivity index (χ4v) is 5.68. The van der Waals surface area contributed by atoms with Gasteiger partial charge in [0.2, 0.25) is 0 Å². The lowest BCUT2D eigenvalue weighted by Gasteiger charge is -2.50. The number of hydrogen-bond donors (Lipinski definition) is 1. The molecule has 0 amide bonds. The monoisotopic (exact) mass is 270 g/mol. The van der Waals surface area contributed by atoms with Gasteiger partial charge in [-0.25, -0.2) is 0 Å². The summed E-state index contributed by atoms with van der Waals surface area (Å²) in [4.78, 5) is 0. The summed E-state index contributed by atoms with van der Waals surface area (Å²) in [6.45, 7) is 4.56. The highest BCUT2D eigenvalue weighted by Gasteiger charge is 2.54. The molecular weight excluding hydrogens is 244 g/mol. The number of aliphatic hydroxyl groups is 1. The molecule has 0 radical (unpaired) electrons. The molecular formula is C19H26O. The molecule has 0 heterocycles. The molecule has 3 aliphatic rings. The number of benzene rings is 1. The fraction of sp³-hybridized carbons (Fsp3) is 0.684. The van der Waals surface area contributed by atoms with E-state index in [9.17, 15) is 5.11 Å². The first kappa shape index (κ1) is 12.9. The van der Waals surface area contributed by atoms with Crippen LogP contribution in [0.2, 0.25) is 0 Å². The van der Waals surface area contributed by atoms with E-state index in [0.29, 0.717) is 0 Å². The van der Waals surface area contributed by atoms with E-state index in [4.69, 9.17) is 0 Å². The Morgan fingerprint density at radius 1 is 1.15 bits per heavy atom. The first-order chi connectivity index (χ1) is 9.59. The molecule has 20 heavy (non-hydrogen) atoms. The van der Waals surface area contributed by atoms with Gasteiger partial charge in [-0.3, -0.25) is 0 Å². The van der Waals surface area contributed by atoms with Crippen molar-refractivity contribution in [2.45, 2.75) is 64.4 Å². The molecule has 1 N–H and O–H groups in total. The van der Waals surface area contributed by atoms with E-state index in [0.717, 1.165) is 24.2 Å². The Morgan fingerprint density at radius 3 is 2.85 bits per heavy atom. The molecule has 0 aromatic heterocycles. The molecule has 2 fully saturated rings. The molecule has 1 aromatic carbocycles. The maximum atomic E-state index is 10.4. The molecule has 4 rings (SSSR count). The van der Waals surface area contributed by atoms with Gasteiger partial charge < -0.3 is 5.11 Å². The number of aryl methyl sites for hydroxylation is 2. The van der Waals surface area contributed by atoms with Crippen LogP contribution in [0.3, 0.4) is 0 Å². The van der Waals surface area contributed by atoms with Gasteiger partial charge in [0, 0.05) is 0 Å². The lowest BCUT2D eigenvalue weighted by atomic mass is 9.55. The fourth-order valence-electron chi connectivity index (χ4n) is 5.68. The van der Waals surface area contributed by atoms with E-state index in [1.807, 2.05) is 0 Å². The zero-order chi connectivity index (χ0) is 13.9. The third kappa shape index (κ3) is 1.65. The molecule has 4 unspecified atom stereocenters. The van der Waals surface area contributed by atoms with E-state index in [2.05, 4.69) is 32.0 Å². The molecule has 0 spiro atoms. The summed E-state index contributed by atoms with van der Waals surface area (Å²) < 4.78 is 0. The second-order valence-corrected chi connectivity index (χ2v) is 7.76. The van der Waals surface area contributed by atoms with Gasteiger partial charge in [0.15, 0.2) is 0 Å². The summed E-state index contributed by atoms with van der Waals surface area (Å²) in [5.74, 6) is 2.34. The Bertz CT molecular complexity index is 535. The molecule has 1 heteroatoms. The normalized spacial score (nSPS) is 42.8. The molecule has 0 bridgehead atoms. The average molecular weight is 270 g/mol. The van der Waals surface area contributed by atoms with E-state index in [1.165, 1.54) is 37.7 Å². The summed E-state index contributed by atoms with van der Waals surface area (Å²) in [6.07, 6.45) is 7.32. The Morgan fingerprint density at radius 2 is 2.00 bits per heavy atom. The quantitative estimate of drug-likeness (QED) is 0.748. The van der Waals surface area contributed by atoms with Crippen molar-refractivity contribution >= 4 is 0 Å². The lowest BCUT2D eigenvalue weighted by Crippen LogP contribution is -2.43. The standard InChI is InChI=1S/C19H26O/c1-12-3-5-14-13(11-12)4-6-16-15(14)9-10-19(2)17(16)7-8-18(19)20/h3,5,11,15-18,20H,4,6-10H2,1-2H3/t15?,16?,17?,18-,19?/m0/s1. The summed E-state index contributed by atoms with van der Waals surface area (Å²) >= 11 is 0. The predicted octanol–water partition coefficient (Wildman–Crippen LogP) is 4.21. The number of rotatable bonds is 0. The molecule has 1 aromatic rings. The maximum absolute atomic E-state index is 10.4. The van der Waals surface area contributed by atoms with Crippen molar-refractivity contribution in [1.29, 1.82) is 0 Å². The minimum Gasteiger partial charge on any atom is -0.393 e. The number of aliphatic hydroxyl groups excluding tert-OH is 1. The Hall–Kier alpha value is -0.820. The van der Waals surface area contributed by atoms with Crippen LogP contribution in [0, 0.1) is 24.2 Å². The zero-order valence-corrected chi connectivity index (χ0v) is 12.7. The van der Waals surface area contributed by atoms with Gasteiger partial charge in [-0.1, -0.05) is 30.7 Å². The zero-order valence-electron chi connectivity index (χ0n) is 12.7. The van der Waals surface area contributed by atoms with E-state index in [1.54, 1.807) is 11.1 Å². The third-order valence-electron chi connectivity index (χ3n) is 6.83. The van der Waals surface area contributed by atoms with Crippen LogP contribution in [-0.2, 0) is 6.42 Å². The molecule has 108 valence electrons. The van der Waals surface area contributed by atoms with Gasteiger partial charge in [0.1, 0.15) is 0 Å². The Balaban J connectivity index is 1.71. The Labute approximate surface area is 122 Å². The van der Waals surface area contributed by atoms with Gasteiger partial charge in [-0.2, -0.15) is 0 Å². The van der Waals surface area contributed by atoms with Crippen LogP contribution >= 0.6 is 0 Å². The van der Waals surface area contributed by atoms with Crippen LogP contribution in [0.1, 0.15) is 61.6 Å². The van der Waals surface area contributed by atoms with Crippen molar-refractivity contribution in [2.75, 3.05) is 0 Å². The summed E-state index contributed by atoms with van der Waals surface area (Å²) in [6, 6.07) is 7.09. The van der Waals surface area contributed by atoms with Crippen LogP contribution in [0.4, 0.5) is 0 Å². The molecule has 0 saturated heterocycles. The summed E-state index contributed by atoms with van der Waals surface area (Å²) in [5.41, 5.74) is 4.85. The van der Waals surface area contributed by atoms with Gasteiger partial charge in [-0.15, -0.1) is 0 Å². The van der Waals surface area contributed by atoms with Gasteiger partial charge in [0.05, 0.1) is 6.10 Å². The largest absolute Gasteiger partial charge is 0.393 e. The van der Waals surface area contributed by atoms with Crippen molar-refractivity contribution in [3.05, 3.63) is 34.9 Å². The average Bonchev–Trinajstić information content (AvgIpc) is 2.74. The molecule has 0 aliphatic heterocycles. The summed E-state index contributed by atoms with van der Waals surface area (Å²) in [7, 11) is 0. The van der Waals surface area contributed by atoms with E-state index < -0.39 is 0 Å². The second kappa shape index (κ2) is 4.34. The predicted molar refractivity (Wildman–Crippen MR) is 81.8 cm³/mol. The third-order valence-corrected chi connectivity index (χ3v) is 6.83. The molecule has 5 atom stereocenters. The first-order valence-corrected chi connectivity index (χ1v) is 8.37. The van der Waals surface area contributed by atoms with Crippen LogP contribution in [0.5, 0.6) is 0 Å². The second-order valence-electron chi connectivity index (χ2n) is 7.76. The molecule has 1 nitrogen and oxygen atoms in total. The minimum atomic E-state index is -0.0483. The smallest absolute Gasteiger partial charge is 0.0596 e. The molecule has 3 aliphatic carbocycles. The Kier molecular flexibility index (Phi) is 2.79. The van der Waals surface area contributed by atoms with Gasteiger partial charge >= 0.3 is 0 Å². The first-order valence-electron chi connectivity index (χ1n) is 8.37. The summed E-state index contributed by atoms with van der Waals surface area (Å²) in [5, 5.41) is 10.4. The van der Waals surface area contributed by atoms with Crippen molar-refractivity contribution < 1.29 is 5.11 Å². The van der Waals surface area contributed by atoms with Crippen molar-refractivity contribution in [1.82, 2.24) is 0 Å². The highest BCUT2D eigenvalue weighted by Crippen LogP contribution is 2.60. The SMILES string of the molecule is Cc1ccc2c(c1)CCC1C2CCC2(C)C1CC[C@@H]2O. The van der Waals surface area contributed by atoms with Crippen molar-refractivity contribution in [3.8, 4) is 0 Å². The van der Waals surface area contributed by atoms with Crippen molar-refractivity contribution in [3.63, 3.8) is 0 Å². The van der Waals surface area contributed by atoms with Crippen molar-refractivity contribution in [2.24, 2.45) is 17.3 Å². The lowest BCUT2D eigenvalue weighted by molar-refractivity contribution is -0.0226. The van der Waals surface area contributed by atoms with Gasteiger partial charge in [0.25, 0.3) is 0 Å². The molecule has 2 saturated carbocycles. The number of fused-ring (bicyclic) bond motifs is 5. The highest BCUT2D eigenvalue weighted by atomic mass is 16.3. The minimum absolute atomic E-state index is 0.0483.